The van der Waals surface area contributed by atoms with Gasteiger partial charge in [0.2, 0.25) is 5.91 Å². The van der Waals surface area contributed by atoms with Crippen molar-refractivity contribution in [1.29, 1.82) is 0 Å². The molecule has 5 rings (SSSR count). The maximum Gasteiger partial charge on any atom is 0.228 e. The SMILES string of the molecule is COc1ccc(C2CC(=O)N(Cc3cccc(C)c3)c3ccc4ccccc4c32)c(OC)c1. The summed E-state index contributed by atoms with van der Waals surface area (Å²) in [6.07, 6.45) is 0.384. The lowest BCUT2D eigenvalue weighted by molar-refractivity contribution is -0.119. The topological polar surface area (TPSA) is 38.8 Å². The molecule has 166 valence electrons. The second-order valence-corrected chi connectivity index (χ2v) is 8.55. The van der Waals surface area contributed by atoms with Crippen LogP contribution in [-0.4, -0.2) is 20.1 Å². The lowest BCUT2D eigenvalue weighted by atomic mass is 9.80. The molecule has 1 unspecified atom stereocenters. The highest BCUT2D eigenvalue weighted by Gasteiger charge is 2.35. The highest BCUT2D eigenvalue weighted by atomic mass is 16.5. The van der Waals surface area contributed by atoms with Crippen LogP contribution in [-0.2, 0) is 11.3 Å². The quantitative estimate of drug-likeness (QED) is 0.371. The van der Waals surface area contributed by atoms with Gasteiger partial charge < -0.3 is 14.4 Å². The summed E-state index contributed by atoms with van der Waals surface area (Å²) in [6.45, 7) is 2.63. The molecule has 4 nitrogen and oxygen atoms in total. The molecule has 1 aliphatic heterocycles. The number of fused-ring (bicyclic) bond motifs is 3. The van der Waals surface area contributed by atoms with Gasteiger partial charge in [-0.15, -0.1) is 0 Å². The van der Waals surface area contributed by atoms with Crippen LogP contribution in [0.15, 0.2) is 78.9 Å². The third kappa shape index (κ3) is 3.82. The summed E-state index contributed by atoms with van der Waals surface area (Å²) in [4.78, 5) is 15.5. The highest BCUT2D eigenvalue weighted by molar-refractivity contribution is 6.03. The van der Waals surface area contributed by atoms with Gasteiger partial charge in [0, 0.05) is 29.7 Å². The Labute approximate surface area is 194 Å². The number of aryl methyl sites for hydroxylation is 1. The molecular weight excluding hydrogens is 410 g/mol. The third-order valence-electron chi connectivity index (χ3n) is 6.51. The Morgan fingerprint density at radius 1 is 0.909 bits per heavy atom. The summed E-state index contributed by atoms with van der Waals surface area (Å²) < 4.78 is 11.1. The van der Waals surface area contributed by atoms with Crippen molar-refractivity contribution in [2.45, 2.75) is 25.8 Å². The second-order valence-electron chi connectivity index (χ2n) is 8.55. The highest BCUT2D eigenvalue weighted by Crippen LogP contribution is 2.47. The van der Waals surface area contributed by atoms with Crippen LogP contribution >= 0.6 is 0 Å². The number of nitrogens with zero attached hydrogens (tertiary/aromatic N) is 1. The molecule has 0 bridgehead atoms. The van der Waals surface area contributed by atoms with Crippen LogP contribution in [0.3, 0.4) is 0 Å². The molecule has 0 saturated heterocycles. The molecule has 1 atom stereocenters. The molecular formula is C29H27NO3. The van der Waals surface area contributed by atoms with E-state index in [-0.39, 0.29) is 11.8 Å². The van der Waals surface area contributed by atoms with Crippen molar-refractivity contribution in [2.24, 2.45) is 0 Å². The van der Waals surface area contributed by atoms with Crippen molar-refractivity contribution in [3.8, 4) is 11.5 Å². The van der Waals surface area contributed by atoms with E-state index in [1.54, 1.807) is 14.2 Å². The Kier molecular flexibility index (Phi) is 5.51. The molecule has 4 aromatic rings. The summed E-state index contributed by atoms with van der Waals surface area (Å²) in [7, 11) is 3.31. The van der Waals surface area contributed by atoms with E-state index >= 15 is 0 Å². The average molecular weight is 438 g/mol. The van der Waals surface area contributed by atoms with Crippen molar-refractivity contribution in [3.63, 3.8) is 0 Å². The Bertz CT molecular complexity index is 1340. The lowest BCUT2D eigenvalue weighted by Crippen LogP contribution is -2.36. The van der Waals surface area contributed by atoms with Gasteiger partial charge in [0.25, 0.3) is 0 Å². The van der Waals surface area contributed by atoms with E-state index in [1.807, 2.05) is 29.2 Å². The first-order valence-corrected chi connectivity index (χ1v) is 11.2. The summed E-state index contributed by atoms with van der Waals surface area (Å²) in [5, 5.41) is 2.33. The van der Waals surface area contributed by atoms with Gasteiger partial charge in [0.15, 0.2) is 0 Å². The van der Waals surface area contributed by atoms with Crippen molar-refractivity contribution < 1.29 is 14.3 Å². The summed E-state index contributed by atoms with van der Waals surface area (Å²) in [5.41, 5.74) is 5.46. The molecule has 0 spiro atoms. The van der Waals surface area contributed by atoms with Crippen LogP contribution < -0.4 is 14.4 Å². The van der Waals surface area contributed by atoms with Gasteiger partial charge in [-0.05, 0) is 41.0 Å². The Balaban J connectivity index is 1.69. The van der Waals surface area contributed by atoms with Gasteiger partial charge >= 0.3 is 0 Å². The van der Waals surface area contributed by atoms with Gasteiger partial charge in [-0.3, -0.25) is 4.79 Å². The number of hydrogen-bond donors (Lipinski definition) is 0. The van der Waals surface area contributed by atoms with Crippen LogP contribution in [0.4, 0.5) is 5.69 Å². The zero-order chi connectivity index (χ0) is 22.9. The van der Waals surface area contributed by atoms with Crippen molar-refractivity contribution >= 4 is 22.4 Å². The summed E-state index contributed by atoms with van der Waals surface area (Å²) in [5.74, 6) is 1.48. The normalized spacial score (nSPS) is 15.4. The van der Waals surface area contributed by atoms with Crippen molar-refractivity contribution in [1.82, 2.24) is 0 Å². The van der Waals surface area contributed by atoms with Crippen LogP contribution in [0.25, 0.3) is 10.8 Å². The Hall–Kier alpha value is -3.79. The summed E-state index contributed by atoms with van der Waals surface area (Å²) >= 11 is 0. The fourth-order valence-electron chi connectivity index (χ4n) is 4.95. The minimum Gasteiger partial charge on any atom is -0.497 e. The zero-order valence-corrected chi connectivity index (χ0v) is 19.2. The van der Waals surface area contributed by atoms with Gasteiger partial charge in [0.05, 0.1) is 20.8 Å². The molecule has 0 fully saturated rings. The van der Waals surface area contributed by atoms with Crippen LogP contribution in [0, 0.1) is 6.92 Å². The number of methoxy groups -OCH3 is 2. The Morgan fingerprint density at radius 3 is 2.55 bits per heavy atom. The molecule has 33 heavy (non-hydrogen) atoms. The number of carbonyl (C=O) groups excluding carboxylic acids is 1. The molecule has 0 radical (unpaired) electrons. The average Bonchev–Trinajstić information content (AvgIpc) is 2.84. The fraction of sp³-hybridized carbons (Fsp3) is 0.207. The van der Waals surface area contributed by atoms with E-state index in [2.05, 4.69) is 61.5 Å². The van der Waals surface area contributed by atoms with Crippen LogP contribution in [0.1, 0.15) is 34.6 Å². The van der Waals surface area contributed by atoms with Crippen LogP contribution in [0.2, 0.25) is 0 Å². The second kappa shape index (κ2) is 8.62. The molecule has 1 aliphatic rings. The first-order chi connectivity index (χ1) is 16.1. The van der Waals surface area contributed by atoms with Crippen LogP contribution in [0.5, 0.6) is 11.5 Å². The largest absolute Gasteiger partial charge is 0.497 e. The van der Waals surface area contributed by atoms with E-state index < -0.39 is 0 Å². The van der Waals surface area contributed by atoms with E-state index in [0.717, 1.165) is 28.3 Å². The first-order valence-electron chi connectivity index (χ1n) is 11.2. The number of anilines is 1. The molecule has 4 heteroatoms. The predicted molar refractivity (Wildman–Crippen MR) is 132 cm³/mol. The van der Waals surface area contributed by atoms with Crippen molar-refractivity contribution in [2.75, 3.05) is 19.1 Å². The maximum absolute atomic E-state index is 13.5. The van der Waals surface area contributed by atoms with E-state index in [0.29, 0.717) is 13.0 Å². The number of amides is 1. The summed E-state index contributed by atoms with van der Waals surface area (Å²) in [6, 6.07) is 26.8. The number of hydrogen-bond acceptors (Lipinski definition) is 3. The van der Waals surface area contributed by atoms with Gasteiger partial charge in [0.1, 0.15) is 11.5 Å². The molecule has 1 amide bonds. The predicted octanol–water partition coefficient (Wildman–Crippen LogP) is 6.23. The van der Waals surface area contributed by atoms with E-state index in [9.17, 15) is 4.79 Å². The minimum atomic E-state index is -0.104. The minimum absolute atomic E-state index is 0.104. The van der Waals surface area contributed by atoms with Gasteiger partial charge in [-0.25, -0.2) is 0 Å². The molecule has 0 saturated carbocycles. The van der Waals surface area contributed by atoms with E-state index in [1.165, 1.54) is 21.9 Å². The smallest absolute Gasteiger partial charge is 0.228 e. The number of carbonyl (C=O) groups is 1. The van der Waals surface area contributed by atoms with E-state index in [4.69, 9.17) is 9.47 Å². The van der Waals surface area contributed by atoms with Gasteiger partial charge in [-0.1, -0.05) is 66.2 Å². The van der Waals surface area contributed by atoms with Gasteiger partial charge in [-0.2, -0.15) is 0 Å². The first kappa shape index (κ1) is 21.1. The molecule has 0 aliphatic carbocycles. The number of benzene rings is 4. The maximum atomic E-state index is 13.5. The number of rotatable bonds is 5. The molecule has 0 aromatic heterocycles. The molecule has 4 aromatic carbocycles. The van der Waals surface area contributed by atoms with Crippen molar-refractivity contribution in [3.05, 3.63) is 101 Å². The standard InChI is InChI=1S/C29H27NO3/c1-19-7-6-8-20(15-19)18-30-26-14-11-21-9-4-5-10-23(21)29(26)25(17-28(30)31)24-13-12-22(32-2)16-27(24)33-3/h4-16,25H,17-18H2,1-3H3. The lowest BCUT2D eigenvalue weighted by Gasteiger charge is -2.36. The zero-order valence-electron chi connectivity index (χ0n) is 19.2. The monoisotopic (exact) mass is 437 g/mol. The fourth-order valence-corrected chi connectivity index (χ4v) is 4.95. The molecule has 1 heterocycles. The third-order valence-corrected chi connectivity index (χ3v) is 6.51. The Morgan fingerprint density at radius 2 is 1.76 bits per heavy atom. The molecule has 0 N–H and O–H groups in total. The number of ether oxygens (including phenoxy) is 2.